The Morgan fingerprint density at radius 2 is 1.58 bits per heavy atom. The highest BCUT2D eigenvalue weighted by Crippen LogP contribution is 2.00. The minimum absolute atomic E-state index is 0.176. The summed E-state index contributed by atoms with van der Waals surface area (Å²) >= 11 is 4.11. The molecule has 1 rings (SSSR count). The van der Waals surface area contributed by atoms with Gasteiger partial charge in [0.05, 0.1) is 0 Å². The van der Waals surface area contributed by atoms with E-state index in [0.717, 1.165) is 5.75 Å². The van der Waals surface area contributed by atoms with Crippen LogP contribution in [-0.4, -0.2) is 28.6 Å². The van der Waals surface area contributed by atoms with E-state index >= 15 is 0 Å². The summed E-state index contributed by atoms with van der Waals surface area (Å²) in [5, 5.41) is 7.89. The highest BCUT2D eigenvalue weighted by Gasteiger charge is 1.90. The summed E-state index contributed by atoms with van der Waals surface area (Å²) in [4.78, 5) is 9.60. The van der Waals surface area contributed by atoms with Gasteiger partial charge in [-0.3, -0.25) is 9.11 Å². The Hall–Kier alpha value is -1.35. The van der Waals surface area contributed by atoms with Crippen molar-refractivity contribution in [2.75, 3.05) is 0 Å². The normalized spacial score (nSPS) is 9.26. The third-order valence-corrected chi connectivity index (χ3v) is 1.76. The molecule has 0 fully saturated rings. The molecule has 0 aromatic heterocycles. The molecule has 0 heterocycles. The lowest BCUT2D eigenvalue weighted by molar-refractivity contribution is -0.132. The first-order valence-corrected chi connectivity index (χ1v) is 6.84. The van der Waals surface area contributed by atoms with Gasteiger partial charge in [0.15, 0.2) is 0 Å². The fourth-order valence-corrected chi connectivity index (χ4v) is 0.794. The Balaban J connectivity index is 0. The number of carbonyl (C=O) groups is 1. The quantitative estimate of drug-likeness (QED) is 0.378. The lowest BCUT2D eigenvalue weighted by Gasteiger charge is -1.89. The maximum Gasteiger partial charge on any atom is 0.394 e. The average Bonchev–Trinajstić information content (AvgIpc) is 2.28. The van der Waals surface area contributed by atoms with Crippen molar-refractivity contribution in [3.63, 3.8) is 0 Å². The number of hydrogen-bond acceptors (Lipinski definition) is 4. The number of aliphatic carboxylic acids is 1. The van der Waals surface area contributed by atoms with Crippen LogP contribution in [0.4, 0.5) is 0 Å². The maximum absolute atomic E-state index is 9.60. The third kappa shape index (κ3) is 22.3. The van der Waals surface area contributed by atoms with Crippen LogP contribution in [0, 0.1) is 0 Å². The van der Waals surface area contributed by atoms with Crippen molar-refractivity contribution in [3.8, 4) is 0 Å². The van der Waals surface area contributed by atoms with Crippen molar-refractivity contribution in [3.05, 3.63) is 48.0 Å². The summed E-state index contributed by atoms with van der Waals surface area (Å²) < 4.78 is 31.6. The summed E-state index contributed by atoms with van der Waals surface area (Å²) in [5.41, 5.74) is 1.45. The van der Waals surface area contributed by atoms with Gasteiger partial charge in [-0.25, -0.2) is 4.79 Å². The minimum atomic E-state index is -4.67. The zero-order valence-electron chi connectivity index (χ0n) is 10.2. The molecular formula is C11H16O6S2. The maximum atomic E-state index is 9.60. The molecule has 0 unspecified atom stereocenters. The van der Waals surface area contributed by atoms with Crippen molar-refractivity contribution in [1.82, 2.24) is 0 Å². The molecule has 19 heavy (non-hydrogen) atoms. The molecule has 1 aromatic carbocycles. The molecule has 1 aromatic rings. The predicted molar refractivity (Wildman–Crippen MR) is 75.8 cm³/mol. The third-order valence-electron chi connectivity index (χ3n) is 1.39. The van der Waals surface area contributed by atoms with Crippen molar-refractivity contribution in [1.29, 1.82) is 0 Å². The SMILES string of the molecule is C=C(C)C(=O)O.O=S(=O)(O)O.SCc1ccccc1. The molecule has 0 saturated heterocycles. The first-order valence-electron chi connectivity index (χ1n) is 4.81. The van der Waals surface area contributed by atoms with E-state index in [1.807, 2.05) is 18.2 Å². The number of carboxylic acids is 1. The first kappa shape index (κ1) is 20.0. The van der Waals surface area contributed by atoms with E-state index in [2.05, 4.69) is 31.3 Å². The molecular weight excluding hydrogens is 292 g/mol. The Morgan fingerprint density at radius 3 is 1.74 bits per heavy atom. The smallest absolute Gasteiger partial charge is 0.394 e. The van der Waals surface area contributed by atoms with Crippen LogP contribution in [0.3, 0.4) is 0 Å². The molecule has 0 amide bonds. The minimum Gasteiger partial charge on any atom is -0.478 e. The van der Waals surface area contributed by atoms with Gasteiger partial charge in [-0.1, -0.05) is 36.9 Å². The largest absolute Gasteiger partial charge is 0.478 e. The van der Waals surface area contributed by atoms with E-state index in [4.69, 9.17) is 22.6 Å². The average molecular weight is 308 g/mol. The summed E-state index contributed by atoms with van der Waals surface area (Å²) in [6.45, 7) is 4.60. The second kappa shape index (κ2) is 10.6. The summed E-state index contributed by atoms with van der Waals surface area (Å²) in [6, 6.07) is 10.2. The van der Waals surface area contributed by atoms with Gasteiger partial charge in [0, 0.05) is 11.3 Å². The second-order valence-corrected chi connectivity index (χ2v) is 4.39. The lowest BCUT2D eigenvalue weighted by Crippen LogP contribution is -1.92. The van der Waals surface area contributed by atoms with Gasteiger partial charge < -0.3 is 5.11 Å². The van der Waals surface area contributed by atoms with E-state index in [-0.39, 0.29) is 5.57 Å². The van der Waals surface area contributed by atoms with Crippen LogP contribution in [0.15, 0.2) is 42.5 Å². The summed E-state index contributed by atoms with van der Waals surface area (Å²) in [6.07, 6.45) is 0. The number of thiol groups is 1. The van der Waals surface area contributed by atoms with Crippen LogP contribution in [-0.2, 0) is 20.9 Å². The van der Waals surface area contributed by atoms with Crippen molar-refractivity contribution in [2.24, 2.45) is 0 Å². The van der Waals surface area contributed by atoms with Crippen LogP contribution < -0.4 is 0 Å². The monoisotopic (exact) mass is 308 g/mol. The fraction of sp³-hybridized carbons (Fsp3) is 0.182. The highest BCUT2D eigenvalue weighted by atomic mass is 32.3. The van der Waals surface area contributed by atoms with Crippen LogP contribution in [0.1, 0.15) is 12.5 Å². The molecule has 0 bridgehead atoms. The van der Waals surface area contributed by atoms with Crippen molar-refractivity contribution >= 4 is 29.0 Å². The Labute approximate surface area is 117 Å². The van der Waals surface area contributed by atoms with Gasteiger partial charge in [0.2, 0.25) is 0 Å². The second-order valence-electron chi connectivity index (χ2n) is 3.18. The lowest BCUT2D eigenvalue weighted by atomic mass is 10.2. The van der Waals surface area contributed by atoms with Gasteiger partial charge in [-0.2, -0.15) is 21.0 Å². The molecule has 0 spiro atoms. The van der Waals surface area contributed by atoms with Crippen LogP contribution in [0.5, 0.6) is 0 Å². The number of carboxylic acid groups (broad SMARTS) is 1. The van der Waals surface area contributed by atoms with Gasteiger partial charge in [-0.15, -0.1) is 0 Å². The Bertz CT molecular complexity index is 461. The zero-order valence-corrected chi connectivity index (χ0v) is 11.9. The number of benzene rings is 1. The molecule has 0 aliphatic heterocycles. The zero-order chi connectivity index (χ0) is 15.5. The number of rotatable bonds is 2. The molecule has 8 heteroatoms. The van der Waals surface area contributed by atoms with Crippen LogP contribution in [0.2, 0.25) is 0 Å². The van der Waals surface area contributed by atoms with E-state index in [1.165, 1.54) is 12.5 Å². The van der Waals surface area contributed by atoms with E-state index in [1.54, 1.807) is 0 Å². The number of hydrogen-bond donors (Lipinski definition) is 4. The summed E-state index contributed by atoms with van der Waals surface area (Å²) in [5.74, 6) is -0.101. The van der Waals surface area contributed by atoms with Gasteiger partial charge in [0.25, 0.3) is 0 Å². The highest BCUT2D eigenvalue weighted by molar-refractivity contribution is 7.80. The Morgan fingerprint density at radius 1 is 1.26 bits per heavy atom. The standard InChI is InChI=1S/C7H8S.C4H6O2.H2O4S/c8-6-7-4-2-1-3-5-7;1-3(2)4(5)6;1-5(2,3)4/h1-5,8H,6H2;1H2,2H3,(H,5,6);(H2,1,2,3,4). The Kier molecular flexibility index (Phi) is 11.1. The van der Waals surface area contributed by atoms with Crippen molar-refractivity contribution < 1.29 is 27.4 Å². The van der Waals surface area contributed by atoms with Gasteiger partial charge in [0.1, 0.15) is 0 Å². The van der Waals surface area contributed by atoms with Crippen molar-refractivity contribution in [2.45, 2.75) is 12.7 Å². The van der Waals surface area contributed by atoms with Gasteiger partial charge in [-0.05, 0) is 12.5 Å². The molecule has 0 aliphatic rings. The molecule has 0 aliphatic carbocycles. The topological polar surface area (TPSA) is 112 Å². The van der Waals surface area contributed by atoms with Gasteiger partial charge >= 0.3 is 16.4 Å². The fourth-order valence-electron chi connectivity index (χ4n) is 0.583. The molecule has 6 nitrogen and oxygen atoms in total. The molecule has 108 valence electrons. The summed E-state index contributed by atoms with van der Waals surface area (Å²) in [7, 11) is -4.67. The molecule has 0 radical (unpaired) electrons. The van der Waals surface area contributed by atoms with E-state index < -0.39 is 16.4 Å². The van der Waals surface area contributed by atoms with E-state index in [9.17, 15) is 4.79 Å². The van der Waals surface area contributed by atoms with Crippen LogP contribution in [0.25, 0.3) is 0 Å². The predicted octanol–water partition coefficient (Wildman–Crippen LogP) is 2.11. The first-order chi connectivity index (χ1) is 8.57. The molecule has 0 saturated carbocycles. The van der Waals surface area contributed by atoms with E-state index in [0.29, 0.717) is 0 Å². The molecule has 0 atom stereocenters. The van der Waals surface area contributed by atoms with Crippen LogP contribution >= 0.6 is 12.6 Å². The molecule has 3 N–H and O–H groups in total.